The van der Waals surface area contributed by atoms with Gasteiger partial charge in [0.1, 0.15) is 6.04 Å². The first-order chi connectivity index (χ1) is 16.0. The monoisotopic (exact) mass is 451 g/mol. The van der Waals surface area contributed by atoms with Crippen LogP contribution in [0.25, 0.3) is 0 Å². The van der Waals surface area contributed by atoms with Gasteiger partial charge in [-0.25, -0.2) is 5.48 Å². The zero-order valence-corrected chi connectivity index (χ0v) is 18.8. The van der Waals surface area contributed by atoms with Gasteiger partial charge in [0.05, 0.1) is 0 Å². The van der Waals surface area contributed by atoms with Crippen LogP contribution < -0.4 is 16.1 Å². The van der Waals surface area contributed by atoms with Crippen molar-refractivity contribution in [3.8, 4) is 0 Å². The standard InChI is InChI=1S/C26H33N3O4/c30-24(29-33)17-22(15-19-11-7-8-12-19)25(31)28-23(16-20-9-3-1-4-10-20)26(32)27-18-21-13-5-2-6-14-21/h1-6,9-10,13-14,19,22-23,33H,7-8,11-12,15-18H2,(H,27,32)(H,28,31)(H,29,30)/t22-,23+/m1/s1. The van der Waals surface area contributed by atoms with Crippen LogP contribution in [0.3, 0.4) is 0 Å². The molecule has 3 amide bonds. The van der Waals surface area contributed by atoms with Gasteiger partial charge >= 0.3 is 0 Å². The number of hydrogen-bond donors (Lipinski definition) is 4. The van der Waals surface area contributed by atoms with Crippen molar-refractivity contribution in [3.63, 3.8) is 0 Å². The predicted octanol–water partition coefficient (Wildman–Crippen LogP) is 3.12. The molecular formula is C26H33N3O4. The van der Waals surface area contributed by atoms with E-state index in [0.29, 0.717) is 25.3 Å². The second-order valence-electron chi connectivity index (χ2n) is 8.78. The topological polar surface area (TPSA) is 108 Å². The molecule has 1 saturated carbocycles. The molecule has 2 aromatic rings. The van der Waals surface area contributed by atoms with Gasteiger partial charge in [-0.1, -0.05) is 86.3 Å². The number of amides is 3. The molecule has 0 bridgehead atoms. The van der Waals surface area contributed by atoms with Crippen LogP contribution in [0, 0.1) is 11.8 Å². The lowest BCUT2D eigenvalue weighted by molar-refractivity contribution is -0.136. The van der Waals surface area contributed by atoms with Crippen LogP contribution in [0.1, 0.15) is 49.7 Å². The molecule has 0 unspecified atom stereocenters. The summed E-state index contributed by atoms with van der Waals surface area (Å²) in [4.78, 5) is 38.1. The number of nitrogens with one attached hydrogen (secondary N) is 3. The fourth-order valence-electron chi connectivity index (χ4n) is 4.46. The molecule has 0 spiro atoms. The maximum atomic E-state index is 13.2. The summed E-state index contributed by atoms with van der Waals surface area (Å²) in [5.41, 5.74) is 3.53. The van der Waals surface area contributed by atoms with E-state index in [1.54, 1.807) is 5.48 Å². The quantitative estimate of drug-likeness (QED) is 0.311. The van der Waals surface area contributed by atoms with Crippen LogP contribution in [-0.4, -0.2) is 29.0 Å². The largest absolute Gasteiger partial charge is 0.350 e. The minimum Gasteiger partial charge on any atom is -0.350 e. The van der Waals surface area contributed by atoms with Gasteiger partial charge in [0.15, 0.2) is 0 Å². The third-order valence-electron chi connectivity index (χ3n) is 6.25. The maximum Gasteiger partial charge on any atom is 0.244 e. The highest BCUT2D eigenvalue weighted by Gasteiger charge is 2.30. The third-order valence-corrected chi connectivity index (χ3v) is 6.25. The Bertz CT molecular complexity index is 898. The molecule has 33 heavy (non-hydrogen) atoms. The summed E-state index contributed by atoms with van der Waals surface area (Å²) in [5, 5.41) is 14.8. The fraction of sp³-hybridized carbons (Fsp3) is 0.423. The van der Waals surface area contributed by atoms with E-state index < -0.39 is 17.9 Å². The fourth-order valence-corrected chi connectivity index (χ4v) is 4.46. The van der Waals surface area contributed by atoms with Crippen molar-refractivity contribution in [2.24, 2.45) is 11.8 Å². The summed E-state index contributed by atoms with van der Waals surface area (Å²) < 4.78 is 0. The van der Waals surface area contributed by atoms with Gasteiger partial charge in [-0.05, 0) is 23.5 Å². The molecule has 1 aliphatic carbocycles. The zero-order chi connectivity index (χ0) is 23.5. The lowest BCUT2D eigenvalue weighted by Gasteiger charge is -2.24. The average Bonchev–Trinajstić information content (AvgIpc) is 3.36. The highest BCUT2D eigenvalue weighted by atomic mass is 16.5. The lowest BCUT2D eigenvalue weighted by atomic mass is 9.89. The first kappa shape index (κ1) is 24.5. The molecule has 7 nitrogen and oxygen atoms in total. The van der Waals surface area contributed by atoms with Gasteiger partial charge in [0.25, 0.3) is 0 Å². The second kappa shape index (κ2) is 12.7. The first-order valence-electron chi connectivity index (χ1n) is 11.6. The van der Waals surface area contributed by atoms with Crippen molar-refractivity contribution in [2.75, 3.05) is 0 Å². The molecule has 0 saturated heterocycles. The SMILES string of the molecule is O=C(C[C@@H](CC1CCCC1)C(=O)N[C@@H](Cc1ccccc1)C(=O)NCc1ccccc1)NO. The smallest absolute Gasteiger partial charge is 0.244 e. The van der Waals surface area contributed by atoms with E-state index in [9.17, 15) is 14.4 Å². The second-order valence-corrected chi connectivity index (χ2v) is 8.78. The van der Waals surface area contributed by atoms with Crippen LogP contribution in [-0.2, 0) is 27.3 Å². The van der Waals surface area contributed by atoms with Crippen LogP contribution in [0.2, 0.25) is 0 Å². The lowest BCUT2D eigenvalue weighted by Crippen LogP contribution is -2.50. The van der Waals surface area contributed by atoms with Crippen molar-refractivity contribution in [3.05, 3.63) is 71.8 Å². The first-order valence-corrected chi connectivity index (χ1v) is 11.6. The number of hydrogen-bond acceptors (Lipinski definition) is 4. The number of carbonyl (C=O) groups excluding carboxylic acids is 3. The summed E-state index contributed by atoms with van der Waals surface area (Å²) >= 11 is 0. The predicted molar refractivity (Wildman–Crippen MR) is 125 cm³/mol. The number of benzene rings is 2. The molecule has 1 aliphatic rings. The summed E-state index contributed by atoms with van der Waals surface area (Å²) in [6, 6.07) is 18.3. The highest BCUT2D eigenvalue weighted by molar-refractivity contribution is 5.90. The van der Waals surface area contributed by atoms with E-state index in [4.69, 9.17) is 5.21 Å². The normalized spacial score (nSPS) is 15.4. The summed E-state index contributed by atoms with van der Waals surface area (Å²) in [6.07, 6.45) is 5.14. The molecule has 0 aromatic heterocycles. The summed E-state index contributed by atoms with van der Waals surface area (Å²) in [5.74, 6) is -1.42. The Kier molecular flexibility index (Phi) is 9.44. The van der Waals surface area contributed by atoms with Crippen LogP contribution in [0.5, 0.6) is 0 Å². The van der Waals surface area contributed by atoms with E-state index in [-0.39, 0.29) is 18.2 Å². The van der Waals surface area contributed by atoms with E-state index in [2.05, 4.69) is 10.6 Å². The van der Waals surface area contributed by atoms with Crippen LogP contribution >= 0.6 is 0 Å². The van der Waals surface area contributed by atoms with Gasteiger partial charge in [0.2, 0.25) is 17.7 Å². The van der Waals surface area contributed by atoms with Crippen LogP contribution in [0.15, 0.2) is 60.7 Å². The van der Waals surface area contributed by atoms with Gasteiger partial charge in [-0.15, -0.1) is 0 Å². The van der Waals surface area contributed by atoms with Crippen molar-refractivity contribution >= 4 is 17.7 Å². The van der Waals surface area contributed by atoms with Gasteiger partial charge in [-0.3, -0.25) is 19.6 Å². The average molecular weight is 452 g/mol. The Morgan fingerprint density at radius 2 is 1.48 bits per heavy atom. The Morgan fingerprint density at radius 1 is 0.879 bits per heavy atom. The third kappa shape index (κ3) is 8.02. The minimum absolute atomic E-state index is 0.109. The number of hydroxylamine groups is 1. The van der Waals surface area contributed by atoms with Crippen molar-refractivity contribution < 1.29 is 19.6 Å². The molecule has 3 rings (SSSR count). The van der Waals surface area contributed by atoms with Crippen molar-refractivity contribution in [1.82, 2.24) is 16.1 Å². The summed E-state index contributed by atoms with van der Waals surface area (Å²) in [7, 11) is 0. The molecule has 0 radical (unpaired) electrons. The molecule has 1 fully saturated rings. The molecule has 176 valence electrons. The zero-order valence-electron chi connectivity index (χ0n) is 18.8. The van der Waals surface area contributed by atoms with Crippen molar-refractivity contribution in [2.45, 2.75) is 57.5 Å². The number of carbonyl (C=O) groups is 3. The Hall–Kier alpha value is -3.19. The Labute approximate surface area is 194 Å². The molecule has 0 heterocycles. The molecule has 0 aliphatic heterocycles. The molecule has 2 atom stereocenters. The van der Waals surface area contributed by atoms with E-state index in [1.807, 2.05) is 60.7 Å². The molecule has 4 N–H and O–H groups in total. The van der Waals surface area contributed by atoms with E-state index in [0.717, 1.165) is 36.8 Å². The Morgan fingerprint density at radius 3 is 2.09 bits per heavy atom. The van der Waals surface area contributed by atoms with Gasteiger partial charge in [0, 0.05) is 25.3 Å². The highest BCUT2D eigenvalue weighted by Crippen LogP contribution is 2.31. The van der Waals surface area contributed by atoms with Gasteiger partial charge in [-0.2, -0.15) is 0 Å². The number of rotatable bonds is 11. The van der Waals surface area contributed by atoms with E-state index in [1.165, 1.54) is 0 Å². The summed E-state index contributed by atoms with van der Waals surface area (Å²) in [6.45, 7) is 0.360. The molecular weight excluding hydrogens is 418 g/mol. The maximum absolute atomic E-state index is 13.2. The van der Waals surface area contributed by atoms with Crippen molar-refractivity contribution in [1.29, 1.82) is 0 Å². The molecule has 2 aromatic carbocycles. The van der Waals surface area contributed by atoms with E-state index >= 15 is 0 Å². The van der Waals surface area contributed by atoms with Gasteiger partial charge < -0.3 is 10.6 Å². The Balaban J connectivity index is 1.70. The van der Waals surface area contributed by atoms with Crippen LogP contribution in [0.4, 0.5) is 0 Å². The minimum atomic E-state index is -0.771. The molecule has 7 heteroatoms.